The first-order valence-corrected chi connectivity index (χ1v) is 7.34. The third-order valence-corrected chi connectivity index (χ3v) is 4.07. The standard InChI is InChI=1S/C15H26N4/c1-11(4-7-16)15-17-12(2)10-14(18-15)13-5-8-19(3)9-6-13/h10-11,13H,4-9,16H2,1-3H3. The van der Waals surface area contributed by atoms with Gasteiger partial charge in [0.25, 0.3) is 0 Å². The van der Waals surface area contributed by atoms with Crippen molar-refractivity contribution in [3.63, 3.8) is 0 Å². The molecule has 106 valence electrons. The summed E-state index contributed by atoms with van der Waals surface area (Å²) in [4.78, 5) is 11.8. The van der Waals surface area contributed by atoms with Crippen LogP contribution in [0.3, 0.4) is 0 Å². The minimum atomic E-state index is 0.356. The summed E-state index contributed by atoms with van der Waals surface area (Å²) < 4.78 is 0. The van der Waals surface area contributed by atoms with Gasteiger partial charge in [0.05, 0.1) is 0 Å². The molecular formula is C15H26N4. The van der Waals surface area contributed by atoms with Gasteiger partial charge in [-0.1, -0.05) is 6.92 Å². The highest BCUT2D eigenvalue weighted by Crippen LogP contribution is 2.27. The van der Waals surface area contributed by atoms with E-state index in [1.165, 1.54) is 31.6 Å². The van der Waals surface area contributed by atoms with E-state index >= 15 is 0 Å². The summed E-state index contributed by atoms with van der Waals surface area (Å²) in [5.41, 5.74) is 7.96. The number of nitrogens with two attached hydrogens (primary N) is 1. The van der Waals surface area contributed by atoms with Crippen LogP contribution < -0.4 is 5.73 Å². The molecule has 1 saturated heterocycles. The van der Waals surface area contributed by atoms with E-state index in [9.17, 15) is 0 Å². The van der Waals surface area contributed by atoms with Gasteiger partial charge in [-0.3, -0.25) is 0 Å². The summed E-state index contributed by atoms with van der Waals surface area (Å²) in [5.74, 6) is 1.93. The fourth-order valence-electron chi connectivity index (χ4n) is 2.73. The van der Waals surface area contributed by atoms with Gasteiger partial charge in [0, 0.05) is 23.2 Å². The summed E-state index contributed by atoms with van der Waals surface area (Å²) in [7, 11) is 2.19. The summed E-state index contributed by atoms with van der Waals surface area (Å²) in [6.07, 6.45) is 3.37. The van der Waals surface area contributed by atoms with Gasteiger partial charge in [-0.05, 0) is 58.9 Å². The smallest absolute Gasteiger partial charge is 0.131 e. The number of likely N-dealkylation sites (tertiary alicyclic amines) is 1. The van der Waals surface area contributed by atoms with Gasteiger partial charge in [-0.25, -0.2) is 9.97 Å². The summed E-state index contributed by atoms with van der Waals surface area (Å²) >= 11 is 0. The monoisotopic (exact) mass is 262 g/mol. The van der Waals surface area contributed by atoms with Crippen molar-refractivity contribution in [1.29, 1.82) is 0 Å². The molecule has 2 rings (SSSR count). The second-order valence-electron chi connectivity index (χ2n) is 5.85. The number of hydrogen-bond acceptors (Lipinski definition) is 4. The molecule has 4 heteroatoms. The highest BCUT2D eigenvalue weighted by Gasteiger charge is 2.21. The molecule has 1 aromatic heterocycles. The van der Waals surface area contributed by atoms with Crippen LogP contribution in [-0.4, -0.2) is 41.5 Å². The topological polar surface area (TPSA) is 55.0 Å². The summed E-state index contributed by atoms with van der Waals surface area (Å²) in [6, 6.07) is 2.16. The van der Waals surface area contributed by atoms with Crippen LogP contribution in [0.25, 0.3) is 0 Å². The van der Waals surface area contributed by atoms with Crippen LogP contribution in [0.5, 0.6) is 0 Å². The van der Waals surface area contributed by atoms with E-state index in [0.29, 0.717) is 18.4 Å². The van der Waals surface area contributed by atoms with Crippen molar-refractivity contribution in [1.82, 2.24) is 14.9 Å². The molecule has 1 atom stereocenters. The highest BCUT2D eigenvalue weighted by atomic mass is 15.1. The van der Waals surface area contributed by atoms with E-state index in [-0.39, 0.29) is 0 Å². The fourth-order valence-corrected chi connectivity index (χ4v) is 2.73. The lowest BCUT2D eigenvalue weighted by atomic mass is 9.93. The zero-order chi connectivity index (χ0) is 13.8. The van der Waals surface area contributed by atoms with Crippen molar-refractivity contribution in [3.05, 3.63) is 23.3 Å². The lowest BCUT2D eigenvalue weighted by molar-refractivity contribution is 0.253. The predicted molar refractivity (Wildman–Crippen MR) is 78.3 cm³/mol. The Hall–Kier alpha value is -1.00. The molecule has 2 heterocycles. The Kier molecular flexibility index (Phi) is 4.88. The van der Waals surface area contributed by atoms with E-state index in [2.05, 4.69) is 36.8 Å². The van der Waals surface area contributed by atoms with Crippen molar-refractivity contribution in [2.45, 2.75) is 44.9 Å². The normalized spacial score (nSPS) is 19.6. The molecule has 1 aliphatic heterocycles. The molecule has 1 aliphatic rings. The third-order valence-electron chi connectivity index (χ3n) is 4.07. The first kappa shape index (κ1) is 14.4. The minimum Gasteiger partial charge on any atom is -0.330 e. The number of hydrogen-bond donors (Lipinski definition) is 1. The fraction of sp³-hybridized carbons (Fsp3) is 0.733. The lowest BCUT2D eigenvalue weighted by Gasteiger charge is -2.29. The molecule has 19 heavy (non-hydrogen) atoms. The Labute approximate surface area is 116 Å². The number of rotatable bonds is 4. The van der Waals surface area contributed by atoms with Crippen LogP contribution in [0.4, 0.5) is 0 Å². The number of aryl methyl sites for hydroxylation is 1. The maximum Gasteiger partial charge on any atom is 0.131 e. The zero-order valence-corrected chi connectivity index (χ0v) is 12.4. The first-order valence-electron chi connectivity index (χ1n) is 7.34. The van der Waals surface area contributed by atoms with Crippen molar-refractivity contribution in [3.8, 4) is 0 Å². The molecule has 2 N–H and O–H groups in total. The second kappa shape index (κ2) is 6.44. The van der Waals surface area contributed by atoms with E-state index in [0.717, 1.165) is 17.9 Å². The molecule has 0 aliphatic carbocycles. The highest BCUT2D eigenvalue weighted by molar-refractivity contribution is 5.16. The molecule has 0 aromatic carbocycles. The molecule has 0 saturated carbocycles. The van der Waals surface area contributed by atoms with Crippen LogP contribution in [-0.2, 0) is 0 Å². The van der Waals surface area contributed by atoms with Gasteiger partial charge < -0.3 is 10.6 Å². The zero-order valence-electron chi connectivity index (χ0n) is 12.4. The van der Waals surface area contributed by atoms with E-state index in [4.69, 9.17) is 10.7 Å². The quantitative estimate of drug-likeness (QED) is 0.902. The maximum absolute atomic E-state index is 5.64. The van der Waals surface area contributed by atoms with Crippen molar-refractivity contribution in [2.75, 3.05) is 26.7 Å². The summed E-state index contributed by atoms with van der Waals surface area (Å²) in [5, 5.41) is 0. The van der Waals surface area contributed by atoms with Crippen LogP contribution in [0, 0.1) is 6.92 Å². The van der Waals surface area contributed by atoms with Crippen LogP contribution in [0.2, 0.25) is 0 Å². The molecule has 1 unspecified atom stereocenters. The van der Waals surface area contributed by atoms with Crippen LogP contribution >= 0.6 is 0 Å². The third kappa shape index (κ3) is 3.74. The molecule has 1 fully saturated rings. The van der Waals surface area contributed by atoms with Crippen molar-refractivity contribution in [2.24, 2.45) is 5.73 Å². The van der Waals surface area contributed by atoms with Crippen molar-refractivity contribution < 1.29 is 0 Å². The Morgan fingerprint density at radius 1 is 1.37 bits per heavy atom. The van der Waals surface area contributed by atoms with E-state index in [1.807, 2.05) is 0 Å². The molecule has 0 radical (unpaired) electrons. The average Bonchev–Trinajstić information content (AvgIpc) is 2.39. The maximum atomic E-state index is 5.64. The molecule has 4 nitrogen and oxygen atoms in total. The molecule has 1 aromatic rings. The SMILES string of the molecule is Cc1cc(C2CCN(C)CC2)nc(C(C)CCN)n1. The largest absolute Gasteiger partial charge is 0.330 e. The molecule has 0 bridgehead atoms. The predicted octanol–water partition coefficient (Wildman–Crippen LogP) is 2.05. The Morgan fingerprint density at radius 3 is 2.68 bits per heavy atom. The molecular weight excluding hydrogens is 236 g/mol. The molecule has 0 amide bonds. The summed E-state index contributed by atoms with van der Waals surface area (Å²) in [6.45, 7) is 7.27. The van der Waals surface area contributed by atoms with Crippen LogP contribution in [0.15, 0.2) is 6.07 Å². The van der Waals surface area contributed by atoms with Crippen LogP contribution in [0.1, 0.15) is 55.2 Å². The van der Waals surface area contributed by atoms with E-state index < -0.39 is 0 Å². The second-order valence-corrected chi connectivity index (χ2v) is 5.85. The average molecular weight is 262 g/mol. The van der Waals surface area contributed by atoms with E-state index in [1.54, 1.807) is 0 Å². The lowest BCUT2D eigenvalue weighted by Crippen LogP contribution is -2.29. The Morgan fingerprint density at radius 2 is 2.05 bits per heavy atom. The number of piperidine rings is 1. The minimum absolute atomic E-state index is 0.356. The van der Waals surface area contributed by atoms with Gasteiger partial charge in [-0.2, -0.15) is 0 Å². The van der Waals surface area contributed by atoms with Gasteiger partial charge in [0.2, 0.25) is 0 Å². The number of nitrogens with zero attached hydrogens (tertiary/aromatic N) is 3. The molecule has 0 spiro atoms. The first-order chi connectivity index (χ1) is 9.10. The van der Waals surface area contributed by atoms with Gasteiger partial charge in [0.15, 0.2) is 0 Å². The van der Waals surface area contributed by atoms with Gasteiger partial charge in [0.1, 0.15) is 5.82 Å². The van der Waals surface area contributed by atoms with Gasteiger partial charge >= 0.3 is 0 Å². The Balaban J connectivity index is 2.16. The Bertz CT molecular complexity index is 411. The van der Waals surface area contributed by atoms with Crippen molar-refractivity contribution >= 4 is 0 Å². The number of aromatic nitrogens is 2. The van der Waals surface area contributed by atoms with Gasteiger partial charge in [-0.15, -0.1) is 0 Å².